The van der Waals surface area contributed by atoms with Gasteiger partial charge in [0.2, 0.25) is 0 Å². The average molecular weight is 397 g/mol. The fourth-order valence-electron chi connectivity index (χ4n) is 2.94. The van der Waals surface area contributed by atoms with E-state index in [1.807, 2.05) is 78.9 Å². The van der Waals surface area contributed by atoms with Crippen molar-refractivity contribution in [2.75, 3.05) is 6.54 Å². The quantitative estimate of drug-likeness (QED) is 0.508. The first-order valence-electron chi connectivity index (χ1n) is 9.32. The number of hydrogen-bond donors (Lipinski definition) is 3. The van der Waals surface area contributed by atoms with Crippen molar-refractivity contribution in [3.8, 4) is 11.5 Å². The van der Waals surface area contributed by atoms with E-state index in [1.165, 1.54) is 0 Å². The smallest absolute Gasteiger partial charge is 0.133 e. The SMILES string of the molecule is N[C@@H](Cc1ccccc1)[C@H](O)CNCc1c(Cl)cccc1Oc1ccccc1. The maximum Gasteiger partial charge on any atom is 0.133 e. The van der Waals surface area contributed by atoms with Gasteiger partial charge in [-0.05, 0) is 36.2 Å². The monoisotopic (exact) mass is 396 g/mol. The number of halogens is 1. The van der Waals surface area contributed by atoms with Gasteiger partial charge in [0.1, 0.15) is 11.5 Å². The molecule has 4 N–H and O–H groups in total. The van der Waals surface area contributed by atoms with E-state index in [0.717, 1.165) is 16.9 Å². The van der Waals surface area contributed by atoms with Crippen LogP contribution >= 0.6 is 11.6 Å². The summed E-state index contributed by atoms with van der Waals surface area (Å²) in [4.78, 5) is 0. The summed E-state index contributed by atoms with van der Waals surface area (Å²) in [5, 5.41) is 14.2. The Hall–Kier alpha value is -2.37. The lowest BCUT2D eigenvalue weighted by molar-refractivity contribution is 0.141. The largest absolute Gasteiger partial charge is 0.457 e. The molecule has 0 aliphatic rings. The minimum atomic E-state index is -0.666. The Morgan fingerprint density at radius 3 is 2.32 bits per heavy atom. The van der Waals surface area contributed by atoms with Gasteiger partial charge < -0.3 is 20.9 Å². The molecule has 0 bridgehead atoms. The molecule has 28 heavy (non-hydrogen) atoms. The van der Waals surface area contributed by atoms with Crippen LogP contribution in [0.1, 0.15) is 11.1 Å². The molecular formula is C23H25ClN2O2. The second-order valence-electron chi connectivity index (χ2n) is 6.68. The molecule has 0 aliphatic heterocycles. The summed E-state index contributed by atoms with van der Waals surface area (Å²) in [5.74, 6) is 1.44. The number of nitrogens with two attached hydrogens (primary N) is 1. The van der Waals surface area contributed by atoms with Crippen molar-refractivity contribution in [3.63, 3.8) is 0 Å². The number of rotatable bonds is 9. The van der Waals surface area contributed by atoms with Crippen LogP contribution in [-0.2, 0) is 13.0 Å². The fraction of sp³-hybridized carbons (Fsp3) is 0.217. The molecule has 0 aliphatic carbocycles. The van der Waals surface area contributed by atoms with Crippen LogP contribution in [0.15, 0.2) is 78.9 Å². The summed E-state index contributed by atoms with van der Waals surface area (Å²) in [7, 11) is 0. The van der Waals surface area contributed by atoms with E-state index in [-0.39, 0.29) is 6.04 Å². The van der Waals surface area contributed by atoms with E-state index < -0.39 is 6.10 Å². The van der Waals surface area contributed by atoms with Crippen LogP contribution in [0.5, 0.6) is 11.5 Å². The van der Waals surface area contributed by atoms with Gasteiger partial charge in [-0.3, -0.25) is 0 Å². The predicted molar refractivity (Wildman–Crippen MR) is 114 cm³/mol. The van der Waals surface area contributed by atoms with Gasteiger partial charge in [0.25, 0.3) is 0 Å². The number of benzene rings is 3. The Morgan fingerprint density at radius 1 is 0.929 bits per heavy atom. The van der Waals surface area contributed by atoms with Crippen LogP contribution < -0.4 is 15.8 Å². The van der Waals surface area contributed by atoms with Crippen molar-refractivity contribution in [2.24, 2.45) is 5.73 Å². The maximum absolute atomic E-state index is 10.4. The summed E-state index contributed by atoms with van der Waals surface area (Å²) in [6.07, 6.45) is -0.0424. The average Bonchev–Trinajstić information content (AvgIpc) is 2.71. The summed E-state index contributed by atoms with van der Waals surface area (Å²) >= 11 is 6.37. The highest BCUT2D eigenvalue weighted by molar-refractivity contribution is 6.31. The van der Waals surface area contributed by atoms with E-state index >= 15 is 0 Å². The van der Waals surface area contributed by atoms with E-state index in [0.29, 0.717) is 30.3 Å². The van der Waals surface area contributed by atoms with Gasteiger partial charge in [0.05, 0.1) is 6.10 Å². The van der Waals surface area contributed by atoms with Gasteiger partial charge >= 0.3 is 0 Å². The Labute approximate surface area is 170 Å². The van der Waals surface area contributed by atoms with Crippen LogP contribution in [0.4, 0.5) is 0 Å². The Morgan fingerprint density at radius 2 is 1.61 bits per heavy atom. The Balaban J connectivity index is 1.56. The highest BCUT2D eigenvalue weighted by atomic mass is 35.5. The van der Waals surface area contributed by atoms with Gasteiger partial charge in [0, 0.05) is 29.7 Å². The van der Waals surface area contributed by atoms with Crippen LogP contribution in [-0.4, -0.2) is 23.8 Å². The van der Waals surface area contributed by atoms with E-state index in [2.05, 4.69) is 5.32 Å². The van der Waals surface area contributed by atoms with Crippen molar-refractivity contribution < 1.29 is 9.84 Å². The Kier molecular flexibility index (Phi) is 7.46. The van der Waals surface area contributed by atoms with Crippen molar-refractivity contribution in [1.29, 1.82) is 0 Å². The molecule has 0 heterocycles. The van der Waals surface area contributed by atoms with Crippen LogP contribution in [0, 0.1) is 0 Å². The number of hydrogen-bond acceptors (Lipinski definition) is 4. The highest BCUT2D eigenvalue weighted by Gasteiger charge is 2.16. The molecule has 0 saturated carbocycles. The number of para-hydroxylation sites is 1. The molecule has 4 nitrogen and oxygen atoms in total. The zero-order valence-electron chi connectivity index (χ0n) is 15.6. The lowest BCUT2D eigenvalue weighted by Gasteiger charge is -2.20. The van der Waals surface area contributed by atoms with Crippen LogP contribution in [0.2, 0.25) is 5.02 Å². The van der Waals surface area contributed by atoms with Crippen molar-refractivity contribution >= 4 is 11.6 Å². The molecule has 5 heteroatoms. The van der Waals surface area contributed by atoms with Crippen molar-refractivity contribution in [3.05, 3.63) is 95.0 Å². The lowest BCUT2D eigenvalue weighted by atomic mass is 10.0. The van der Waals surface area contributed by atoms with Gasteiger partial charge in [0.15, 0.2) is 0 Å². The molecule has 2 atom stereocenters. The molecule has 0 aromatic heterocycles. The van der Waals surface area contributed by atoms with Crippen LogP contribution in [0.3, 0.4) is 0 Å². The van der Waals surface area contributed by atoms with Gasteiger partial charge in [-0.2, -0.15) is 0 Å². The molecule has 0 fully saturated rings. The third-order valence-electron chi connectivity index (χ3n) is 4.51. The zero-order valence-corrected chi connectivity index (χ0v) is 16.3. The number of aliphatic hydroxyl groups is 1. The minimum Gasteiger partial charge on any atom is -0.457 e. The van der Waals surface area contributed by atoms with E-state index in [1.54, 1.807) is 0 Å². The molecule has 3 aromatic carbocycles. The second kappa shape index (κ2) is 10.2. The number of nitrogens with one attached hydrogen (secondary N) is 1. The molecule has 0 amide bonds. The molecule has 0 radical (unpaired) electrons. The lowest BCUT2D eigenvalue weighted by Crippen LogP contribution is -2.43. The fourth-order valence-corrected chi connectivity index (χ4v) is 3.17. The molecule has 0 spiro atoms. The standard InChI is InChI=1S/C23H25ClN2O2/c24-20-12-7-13-23(28-18-10-5-2-6-11-18)19(20)15-26-16-22(27)21(25)14-17-8-3-1-4-9-17/h1-13,21-22,26-27H,14-16,25H2/t21-,22+/m0/s1. The first-order valence-corrected chi connectivity index (χ1v) is 9.70. The van der Waals surface area contributed by atoms with E-state index in [9.17, 15) is 5.11 Å². The summed E-state index contributed by atoms with van der Waals surface area (Å²) in [5.41, 5.74) is 8.10. The molecular weight excluding hydrogens is 372 g/mol. The third kappa shape index (κ3) is 5.81. The van der Waals surface area contributed by atoms with Crippen LogP contribution in [0.25, 0.3) is 0 Å². The van der Waals surface area contributed by atoms with Gasteiger partial charge in [-0.1, -0.05) is 66.2 Å². The topological polar surface area (TPSA) is 67.5 Å². The predicted octanol–water partition coefficient (Wildman–Crippen LogP) is 4.15. The summed E-state index contributed by atoms with van der Waals surface area (Å²) in [6.45, 7) is 0.834. The maximum atomic E-state index is 10.4. The Bertz CT molecular complexity index is 859. The van der Waals surface area contributed by atoms with Crippen molar-refractivity contribution in [2.45, 2.75) is 25.1 Å². The minimum absolute atomic E-state index is 0.346. The molecule has 3 aromatic rings. The zero-order chi connectivity index (χ0) is 19.8. The normalized spacial score (nSPS) is 13.1. The van der Waals surface area contributed by atoms with Gasteiger partial charge in [-0.25, -0.2) is 0 Å². The molecule has 0 unspecified atom stereocenters. The highest BCUT2D eigenvalue weighted by Crippen LogP contribution is 2.30. The molecule has 0 saturated heterocycles. The second-order valence-corrected chi connectivity index (χ2v) is 7.09. The molecule has 146 valence electrons. The third-order valence-corrected chi connectivity index (χ3v) is 4.86. The van der Waals surface area contributed by atoms with E-state index in [4.69, 9.17) is 22.1 Å². The van der Waals surface area contributed by atoms with Gasteiger partial charge in [-0.15, -0.1) is 0 Å². The number of aliphatic hydroxyl groups excluding tert-OH is 1. The molecule has 3 rings (SSSR count). The number of ether oxygens (including phenoxy) is 1. The summed E-state index contributed by atoms with van der Waals surface area (Å²) < 4.78 is 5.96. The van der Waals surface area contributed by atoms with Crippen molar-refractivity contribution in [1.82, 2.24) is 5.32 Å². The first-order chi connectivity index (χ1) is 13.6. The summed E-state index contributed by atoms with van der Waals surface area (Å²) in [6, 6.07) is 24.7. The first kappa shape index (κ1) is 20.4.